The fourth-order valence-corrected chi connectivity index (χ4v) is 3.37. The van der Waals surface area contributed by atoms with Gasteiger partial charge >= 0.3 is 0 Å². The third kappa shape index (κ3) is 3.48. The molecule has 0 aromatic carbocycles. The van der Waals surface area contributed by atoms with Crippen LogP contribution in [0.3, 0.4) is 0 Å². The number of aliphatic hydroxyl groups is 1. The number of aliphatic hydroxyl groups excluding tert-OH is 1. The van der Waals surface area contributed by atoms with E-state index in [0.29, 0.717) is 17.4 Å². The number of hydrogen-bond donors (Lipinski definition) is 2. The molecular weight excluding hydrogens is 302 g/mol. The van der Waals surface area contributed by atoms with Crippen LogP contribution in [0.25, 0.3) is 10.2 Å². The van der Waals surface area contributed by atoms with E-state index in [0.717, 1.165) is 15.9 Å². The summed E-state index contributed by atoms with van der Waals surface area (Å²) in [6.07, 6.45) is 1.79. The van der Waals surface area contributed by atoms with Crippen LogP contribution in [-0.4, -0.2) is 46.7 Å². The highest BCUT2D eigenvalue weighted by Crippen LogP contribution is 2.29. The first kappa shape index (κ1) is 15.5. The molecule has 0 radical (unpaired) electrons. The summed E-state index contributed by atoms with van der Waals surface area (Å²) < 4.78 is 7.20. The molecule has 1 fully saturated rings. The molecule has 2 aromatic heterocycles. The fourth-order valence-electron chi connectivity index (χ4n) is 2.33. The molecule has 1 aliphatic carbocycles. The van der Waals surface area contributed by atoms with Crippen LogP contribution in [0.2, 0.25) is 0 Å². The first-order chi connectivity index (χ1) is 10.5. The Kier molecular flexibility index (Phi) is 4.46. The highest BCUT2D eigenvalue weighted by molar-refractivity contribution is 7.20. The van der Waals surface area contributed by atoms with Gasteiger partial charge in [0.1, 0.15) is 4.83 Å². The number of ether oxygens (including phenoxy) is 1. The molecule has 0 unspecified atom stereocenters. The van der Waals surface area contributed by atoms with Crippen LogP contribution in [0.1, 0.15) is 28.2 Å². The van der Waals surface area contributed by atoms with Crippen molar-refractivity contribution in [3.63, 3.8) is 0 Å². The summed E-state index contributed by atoms with van der Waals surface area (Å²) in [4.78, 5) is 13.8. The predicted octanol–water partition coefficient (Wildman–Crippen LogP) is 1.46. The molecule has 1 amide bonds. The van der Waals surface area contributed by atoms with E-state index >= 15 is 0 Å². The zero-order valence-electron chi connectivity index (χ0n) is 12.8. The van der Waals surface area contributed by atoms with Crippen molar-refractivity contribution in [2.75, 3.05) is 19.8 Å². The molecule has 1 aliphatic rings. The molecule has 2 N–H and O–H groups in total. The Hall–Kier alpha value is -1.44. The minimum atomic E-state index is -0.666. The Morgan fingerprint density at radius 1 is 1.64 bits per heavy atom. The van der Waals surface area contributed by atoms with Crippen molar-refractivity contribution in [2.24, 2.45) is 13.0 Å². The number of thiophene rings is 1. The Balaban J connectivity index is 1.50. The third-order valence-electron chi connectivity index (χ3n) is 3.78. The molecule has 3 rings (SSSR count). The number of fused-ring (bicyclic) bond motifs is 1. The van der Waals surface area contributed by atoms with Crippen molar-refractivity contribution < 1.29 is 14.6 Å². The minimum absolute atomic E-state index is 0.165. The summed E-state index contributed by atoms with van der Waals surface area (Å²) in [5.74, 6) is 0.513. The normalized spacial score (nSPS) is 16.1. The number of nitrogens with one attached hydrogen (secondary N) is 1. The van der Waals surface area contributed by atoms with E-state index in [2.05, 4.69) is 10.4 Å². The van der Waals surface area contributed by atoms with E-state index in [1.54, 1.807) is 4.68 Å². The van der Waals surface area contributed by atoms with Gasteiger partial charge in [0.2, 0.25) is 0 Å². The standard InChI is InChI=1S/C15H21N3O3S/c1-9-12-5-13(22-15(12)18(2)17-9)14(20)16-6-11(19)8-21-7-10-3-4-10/h5,10-11,19H,3-4,6-8H2,1-2H3,(H,16,20)/t11-/m0/s1. The summed E-state index contributed by atoms with van der Waals surface area (Å²) in [5.41, 5.74) is 0.918. The molecule has 2 heterocycles. The predicted molar refractivity (Wildman–Crippen MR) is 85.2 cm³/mol. The molecule has 1 atom stereocenters. The lowest BCUT2D eigenvalue weighted by molar-refractivity contribution is 0.0321. The summed E-state index contributed by atoms with van der Waals surface area (Å²) in [7, 11) is 1.87. The van der Waals surface area contributed by atoms with Crippen molar-refractivity contribution in [1.82, 2.24) is 15.1 Å². The van der Waals surface area contributed by atoms with E-state index in [1.165, 1.54) is 24.2 Å². The van der Waals surface area contributed by atoms with Crippen LogP contribution < -0.4 is 5.32 Å². The number of rotatable bonds is 7. The van der Waals surface area contributed by atoms with E-state index in [1.807, 2.05) is 20.0 Å². The maximum atomic E-state index is 12.1. The van der Waals surface area contributed by atoms with Crippen LogP contribution in [0.4, 0.5) is 0 Å². The molecule has 22 heavy (non-hydrogen) atoms. The van der Waals surface area contributed by atoms with Crippen LogP contribution in [-0.2, 0) is 11.8 Å². The van der Waals surface area contributed by atoms with Gasteiger partial charge in [0.05, 0.1) is 23.3 Å². The molecule has 2 aromatic rings. The van der Waals surface area contributed by atoms with Gasteiger partial charge in [-0.2, -0.15) is 5.10 Å². The lowest BCUT2D eigenvalue weighted by atomic mass is 10.3. The lowest BCUT2D eigenvalue weighted by Gasteiger charge is -2.11. The fraction of sp³-hybridized carbons (Fsp3) is 0.600. The van der Waals surface area contributed by atoms with Gasteiger partial charge in [0.25, 0.3) is 5.91 Å². The van der Waals surface area contributed by atoms with Gasteiger partial charge in [0, 0.05) is 25.6 Å². The van der Waals surface area contributed by atoms with Gasteiger partial charge in [-0.25, -0.2) is 0 Å². The average Bonchev–Trinajstić information content (AvgIpc) is 3.11. The number of aromatic nitrogens is 2. The van der Waals surface area contributed by atoms with Crippen LogP contribution in [0, 0.1) is 12.8 Å². The van der Waals surface area contributed by atoms with Gasteiger partial charge in [-0.15, -0.1) is 11.3 Å². The van der Waals surface area contributed by atoms with Crippen molar-refractivity contribution >= 4 is 27.5 Å². The largest absolute Gasteiger partial charge is 0.389 e. The Morgan fingerprint density at radius 2 is 2.41 bits per heavy atom. The summed E-state index contributed by atoms with van der Waals surface area (Å²) in [6.45, 7) is 3.12. The van der Waals surface area contributed by atoms with Crippen molar-refractivity contribution in [3.8, 4) is 0 Å². The van der Waals surface area contributed by atoms with E-state index in [4.69, 9.17) is 4.74 Å². The smallest absolute Gasteiger partial charge is 0.261 e. The maximum Gasteiger partial charge on any atom is 0.261 e. The summed E-state index contributed by atoms with van der Waals surface area (Å²) in [5, 5.41) is 17.9. The van der Waals surface area contributed by atoms with Crippen LogP contribution in [0.5, 0.6) is 0 Å². The number of nitrogens with zero attached hydrogens (tertiary/aromatic N) is 2. The monoisotopic (exact) mass is 323 g/mol. The molecule has 0 spiro atoms. The topological polar surface area (TPSA) is 76.4 Å². The number of amides is 1. The van der Waals surface area contributed by atoms with Crippen LogP contribution >= 0.6 is 11.3 Å². The molecule has 7 heteroatoms. The summed E-state index contributed by atoms with van der Waals surface area (Å²) in [6, 6.07) is 1.85. The zero-order valence-corrected chi connectivity index (χ0v) is 13.7. The molecular formula is C15H21N3O3S. The van der Waals surface area contributed by atoms with Crippen molar-refractivity contribution in [2.45, 2.75) is 25.9 Å². The number of carbonyl (C=O) groups is 1. The van der Waals surface area contributed by atoms with E-state index in [9.17, 15) is 9.90 Å². The summed E-state index contributed by atoms with van der Waals surface area (Å²) >= 11 is 1.41. The maximum absolute atomic E-state index is 12.1. The number of hydrogen-bond acceptors (Lipinski definition) is 5. The Bertz CT molecular complexity index is 640. The highest BCUT2D eigenvalue weighted by Gasteiger charge is 2.22. The van der Waals surface area contributed by atoms with Gasteiger partial charge < -0.3 is 15.2 Å². The van der Waals surface area contributed by atoms with Gasteiger partial charge in [-0.1, -0.05) is 0 Å². The Morgan fingerprint density at radius 3 is 3.09 bits per heavy atom. The average molecular weight is 323 g/mol. The molecule has 0 bridgehead atoms. The quantitative estimate of drug-likeness (QED) is 0.809. The molecule has 0 saturated heterocycles. The first-order valence-corrected chi connectivity index (χ1v) is 8.33. The van der Waals surface area contributed by atoms with Gasteiger partial charge in [-0.3, -0.25) is 9.48 Å². The van der Waals surface area contributed by atoms with Crippen molar-refractivity contribution in [1.29, 1.82) is 0 Å². The van der Waals surface area contributed by atoms with Crippen molar-refractivity contribution in [3.05, 3.63) is 16.6 Å². The SMILES string of the molecule is Cc1nn(C)c2sc(C(=O)NC[C@H](O)COCC3CC3)cc12. The van der Waals surface area contributed by atoms with Gasteiger partial charge in [0.15, 0.2) is 0 Å². The molecule has 1 saturated carbocycles. The molecule has 6 nitrogen and oxygen atoms in total. The second-order valence-electron chi connectivity index (χ2n) is 5.88. The molecule has 120 valence electrons. The lowest BCUT2D eigenvalue weighted by Crippen LogP contribution is -2.34. The molecule has 0 aliphatic heterocycles. The minimum Gasteiger partial charge on any atom is -0.389 e. The van der Waals surface area contributed by atoms with E-state index in [-0.39, 0.29) is 19.1 Å². The number of carbonyl (C=O) groups excluding carboxylic acids is 1. The Labute approximate surface area is 133 Å². The first-order valence-electron chi connectivity index (χ1n) is 7.51. The van der Waals surface area contributed by atoms with Crippen LogP contribution in [0.15, 0.2) is 6.07 Å². The second kappa shape index (κ2) is 6.36. The highest BCUT2D eigenvalue weighted by atomic mass is 32.1. The number of aryl methyl sites for hydroxylation is 2. The van der Waals surface area contributed by atoms with Gasteiger partial charge in [-0.05, 0) is 31.7 Å². The third-order valence-corrected chi connectivity index (χ3v) is 4.98. The van der Waals surface area contributed by atoms with E-state index < -0.39 is 6.10 Å². The second-order valence-corrected chi connectivity index (χ2v) is 6.91. The zero-order chi connectivity index (χ0) is 15.7.